The summed E-state index contributed by atoms with van der Waals surface area (Å²) in [4.78, 5) is 22.6. The number of nitrogens with one attached hydrogen (secondary N) is 2. The second-order valence-electron chi connectivity index (χ2n) is 4.65. The summed E-state index contributed by atoms with van der Waals surface area (Å²) in [6.45, 7) is 3.88. The number of carboxylic acid groups (broad SMARTS) is 1. The van der Waals surface area contributed by atoms with Gasteiger partial charge in [0.2, 0.25) is 0 Å². The van der Waals surface area contributed by atoms with Gasteiger partial charge in [-0.25, -0.2) is 4.79 Å². The van der Waals surface area contributed by atoms with Crippen LogP contribution in [0.15, 0.2) is 22.7 Å². The number of carboxylic acids is 1. The minimum atomic E-state index is -0.914. The molecular weight excluding hydrogens is 324 g/mol. The highest BCUT2D eigenvalue weighted by Crippen LogP contribution is 2.19. The molecule has 110 valence electrons. The number of benzene rings is 1. The number of carbonyl (C=O) groups is 2. The van der Waals surface area contributed by atoms with E-state index in [1.165, 1.54) is 0 Å². The Bertz CT molecular complexity index is 491. The number of carbonyl (C=O) groups excluding carboxylic acids is 1. The third kappa shape index (κ3) is 5.61. The molecule has 0 fully saturated rings. The van der Waals surface area contributed by atoms with E-state index in [1.54, 1.807) is 6.07 Å². The summed E-state index contributed by atoms with van der Waals surface area (Å²) >= 11 is 3.39. The Kier molecular flexibility index (Phi) is 6.51. The summed E-state index contributed by atoms with van der Waals surface area (Å²) in [7, 11) is 0. The molecule has 0 saturated carbocycles. The molecule has 2 amide bonds. The van der Waals surface area contributed by atoms with Crippen molar-refractivity contribution in [1.29, 1.82) is 0 Å². The molecule has 1 aromatic rings. The first-order valence-corrected chi connectivity index (χ1v) is 7.27. The van der Waals surface area contributed by atoms with Crippen LogP contribution < -0.4 is 10.6 Å². The average molecular weight is 343 g/mol. The van der Waals surface area contributed by atoms with Crippen molar-refractivity contribution in [2.24, 2.45) is 0 Å². The van der Waals surface area contributed by atoms with Gasteiger partial charge in [-0.15, -0.1) is 0 Å². The van der Waals surface area contributed by atoms with Crippen molar-refractivity contribution in [2.75, 3.05) is 5.32 Å². The van der Waals surface area contributed by atoms with Crippen LogP contribution in [-0.4, -0.2) is 23.1 Å². The Morgan fingerprint density at radius 3 is 2.65 bits per heavy atom. The Balaban J connectivity index is 2.60. The second-order valence-corrected chi connectivity index (χ2v) is 5.50. The molecule has 0 spiro atoms. The summed E-state index contributed by atoms with van der Waals surface area (Å²) in [5.41, 5.74) is 1.69. The summed E-state index contributed by atoms with van der Waals surface area (Å²) in [5, 5.41) is 14.2. The molecule has 0 aromatic heterocycles. The van der Waals surface area contributed by atoms with Crippen molar-refractivity contribution in [2.45, 2.75) is 39.2 Å². The Labute approximate surface area is 126 Å². The largest absolute Gasteiger partial charge is 0.481 e. The second kappa shape index (κ2) is 7.89. The van der Waals surface area contributed by atoms with E-state index in [1.807, 2.05) is 26.0 Å². The van der Waals surface area contributed by atoms with Gasteiger partial charge in [-0.2, -0.15) is 0 Å². The van der Waals surface area contributed by atoms with Crippen molar-refractivity contribution in [3.63, 3.8) is 0 Å². The van der Waals surface area contributed by atoms with Gasteiger partial charge < -0.3 is 15.7 Å². The molecule has 1 atom stereocenters. The lowest BCUT2D eigenvalue weighted by Crippen LogP contribution is -2.39. The molecule has 1 aromatic carbocycles. The van der Waals surface area contributed by atoms with Crippen molar-refractivity contribution >= 4 is 33.6 Å². The third-order valence-corrected chi connectivity index (χ3v) is 3.70. The fraction of sp³-hybridized carbons (Fsp3) is 0.429. The maximum Gasteiger partial charge on any atom is 0.319 e. The highest BCUT2D eigenvalue weighted by Gasteiger charge is 2.15. The zero-order valence-electron chi connectivity index (χ0n) is 11.6. The molecule has 0 aliphatic heterocycles. The Morgan fingerprint density at radius 2 is 2.10 bits per heavy atom. The van der Waals surface area contributed by atoms with Crippen LogP contribution in [-0.2, 0) is 4.79 Å². The van der Waals surface area contributed by atoms with E-state index in [-0.39, 0.29) is 18.5 Å². The first-order valence-electron chi connectivity index (χ1n) is 6.47. The van der Waals surface area contributed by atoms with Gasteiger partial charge in [0.05, 0.1) is 6.42 Å². The average Bonchev–Trinajstić information content (AvgIpc) is 2.33. The zero-order valence-corrected chi connectivity index (χ0v) is 13.2. The topological polar surface area (TPSA) is 78.4 Å². The zero-order chi connectivity index (χ0) is 15.1. The highest BCUT2D eigenvalue weighted by molar-refractivity contribution is 9.10. The summed E-state index contributed by atoms with van der Waals surface area (Å²) in [6, 6.07) is 4.74. The minimum absolute atomic E-state index is 0.0688. The lowest BCUT2D eigenvalue weighted by atomic mass is 10.1. The molecule has 0 bridgehead atoms. The minimum Gasteiger partial charge on any atom is -0.481 e. The molecule has 3 N–H and O–H groups in total. The summed E-state index contributed by atoms with van der Waals surface area (Å²) < 4.78 is 0.971. The van der Waals surface area contributed by atoms with Gasteiger partial charge in [0.25, 0.3) is 0 Å². The van der Waals surface area contributed by atoms with Crippen LogP contribution in [0.5, 0.6) is 0 Å². The molecule has 0 aliphatic rings. The van der Waals surface area contributed by atoms with Crippen LogP contribution in [0, 0.1) is 6.92 Å². The Morgan fingerprint density at radius 1 is 1.40 bits per heavy atom. The summed E-state index contributed by atoms with van der Waals surface area (Å²) in [5.74, 6) is -0.914. The van der Waals surface area contributed by atoms with Crippen LogP contribution in [0.3, 0.4) is 0 Å². The number of aliphatic carboxylic acids is 1. The third-order valence-electron chi connectivity index (χ3n) is 2.81. The van der Waals surface area contributed by atoms with Gasteiger partial charge in [0.15, 0.2) is 0 Å². The molecule has 1 unspecified atom stereocenters. The van der Waals surface area contributed by atoms with E-state index in [9.17, 15) is 9.59 Å². The number of amides is 2. The van der Waals surface area contributed by atoms with Crippen LogP contribution >= 0.6 is 15.9 Å². The number of halogens is 1. The molecular formula is C14H19BrN2O3. The predicted molar refractivity (Wildman–Crippen MR) is 82.0 cm³/mol. The maximum absolute atomic E-state index is 11.8. The number of hydrogen-bond donors (Lipinski definition) is 3. The van der Waals surface area contributed by atoms with E-state index in [4.69, 9.17) is 5.11 Å². The van der Waals surface area contributed by atoms with Gasteiger partial charge in [0, 0.05) is 16.2 Å². The van der Waals surface area contributed by atoms with E-state index in [0.29, 0.717) is 12.1 Å². The SMILES string of the molecule is CCCC(CC(=O)O)NC(=O)Nc1ccc(Br)c(C)c1. The highest BCUT2D eigenvalue weighted by atomic mass is 79.9. The molecule has 0 saturated heterocycles. The molecule has 1 rings (SSSR count). The first-order chi connectivity index (χ1) is 9.42. The predicted octanol–water partition coefficient (Wildman–Crippen LogP) is 3.52. The lowest BCUT2D eigenvalue weighted by molar-refractivity contribution is -0.137. The molecule has 0 heterocycles. The van der Waals surface area contributed by atoms with Gasteiger partial charge in [0.1, 0.15) is 0 Å². The van der Waals surface area contributed by atoms with Crippen molar-refractivity contribution in [3.8, 4) is 0 Å². The van der Waals surface area contributed by atoms with Gasteiger partial charge in [-0.05, 0) is 37.1 Å². The molecule has 20 heavy (non-hydrogen) atoms. The number of hydrogen-bond acceptors (Lipinski definition) is 2. The summed E-state index contributed by atoms with van der Waals surface area (Å²) in [6.07, 6.45) is 1.38. The van der Waals surface area contributed by atoms with Gasteiger partial charge in [-0.1, -0.05) is 29.3 Å². The fourth-order valence-electron chi connectivity index (χ4n) is 1.86. The molecule has 0 radical (unpaired) electrons. The number of aryl methyl sites for hydroxylation is 1. The molecule has 0 aliphatic carbocycles. The van der Waals surface area contributed by atoms with Crippen molar-refractivity contribution in [3.05, 3.63) is 28.2 Å². The smallest absolute Gasteiger partial charge is 0.319 e. The van der Waals surface area contributed by atoms with Gasteiger partial charge >= 0.3 is 12.0 Å². The standard InChI is InChI=1S/C14H19BrN2O3/c1-3-4-10(8-13(18)19)16-14(20)17-11-5-6-12(15)9(2)7-11/h5-7,10H,3-4,8H2,1-2H3,(H,18,19)(H2,16,17,20). The van der Waals surface area contributed by atoms with E-state index < -0.39 is 5.97 Å². The molecule has 5 nitrogen and oxygen atoms in total. The van der Waals surface area contributed by atoms with Crippen LogP contribution in [0.25, 0.3) is 0 Å². The van der Waals surface area contributed by atoms with Gasteiger partial charge in [-0.3, -0.25) is 4.79 Å². The fourth-order valence-corrected chi connectivity index (χ4v) is 2.11. The molecule has 6 heteroatoms. The monoisotopic (exact) mass is 342 g/mol. The first kappa shape index (κ1) is 16.5. The Hall–Kier alpha value is -1.56. The van der Waals surface area contributed by atoms with Crippen LogP contribution in [0.4, 0.5) is 10.5 Å². The van der Waals surface area contributed by atoms with E-state index in [2.05, 4.69) is 26.6 Å². The van der Waals surface area contributed by atoms with Crippen molar-refractivity contribution in [1.82, 2.24) is 5.32 Å². The maximum atomic E-state index is 11.8. The number of rotatable bonds is 6. The van der Waals surface area contributed by atoms with Crippen LogP contribution in [0.1, 0.15) is 31.7 Å². The van der Waals surface area contributed by atoms with E-state index >= 15 is 0 Å². The van der Waals surface area contributed by atoms with Crippen molar-refractivity contribution < 1.29 is 14.7 Å². The van der Waals surface area contributed by atoms with Crippen LogP contribution in [0.2, 0.25) is 0 Å². The normalized spacial score (nSPS) is 11.8. The lowest BCUT2D eigenvalue weighted by Gasteiger charge is -2.16. The quantitative estimate of drug-likeness (QED) is 0.739. The number of anilines is 1. The number of urea groups is 1. The van der Waals surface area contributed by atoms with E-state index in [0.717, 1.165) is 16.5 Å².